The Balaban J connectivity index is 1.44. The van der Waals surface area contributed by atoms with Crippen molar-refractivity contribution in [2.75, 3.05) is 29.9 Å². The van der Waals surface area contributed by atoms with E-state index in [-0.39, 0.29) is 24.5 Å². The van der Waals surface area contributed by atoms with E-state index in [1.165, 1.54) is 0 Å². The zero-order valence-electron chi connectivity index (χ0n) is 23.2. The van der Waals surface area contributed by atoms with Gasteiger partial charge in [-0.1, -0.05) is 60.7 Å². The van der Waals surface area contributed by atoms with E-state index >= 15 is 0 Å². The Kier molecular flexibility index (Phi) is 9.71. The van der Waals surface area contributed by atoms with E-state index in [4.69, 9.17) is 9.47 Å². The summed E-state index contributed by atoms with van der Waals surface area (Å²) >= 11 is 0. The van der Waals surface area contributed by atoms with E-state index in [1.54, 1.807) is 0 Å². The van der Waals surface area contributed by atoms with E-state index in [0.29, 0.717) is 38.5 Å². The summed E-state index contributed by atoms with van der Waals surface area (Å²) in [6.07, 6.45) is 1.02. The Hall–Kier alpha value is -4.41. The Morgan fingerprint density at radius 2 is 1.62 bits per heavy atom. The third kappa shape index (κ3) is 8.82. The maximum Gasteiger partial charge on any atom is 0.407 e. The summed E-state index contributed by atoms with van der Waals surface area (Å²) < 4.78 is 11.2. The van der Waals surface area contributed by atoms with Crippen LogP contribution >= 0.6 is 0 Å². The third-order valence-electron chi connectivity index (χ3n) is 6.01. The van der Waals surface area contributed by atoms with Gasteiger partial charge >= 0.3 is 12.1 Å². The number of anilines is 2. The molecule has 0 bridgehead atoms. The second kappa shape index (κ2) is 13.6. The summed E-state index contributed by atoms with van der Waals surface area (Å²) in [5, 5.41) is 8.85. The Bertz CT molecular complexity index is 1250. The fourth-order valence-corrected chi connectivity index (χ4v) is 4.17. The lowest BCUT2D eigenvalue weighted by Crippen LogP contribution is -2.44. The van der Waals surface area contributed by atoms with Gasteiger partial charge in [0.25, 0.3) is 0 Å². The van der Waals surface area contributed by atoms with Gasteiger partial charge in [0.2, 0.25) is 17.8 Å². The van der Waals surface area contributed by atoms with Gasteiger partial charge in [0.05, 0.1) is 0 Å². The minimum absolute atomic E-state index is 0.0791. The summed E-state index contributed by atoms with van der Waals surface area (Å²) in [5.41, 5.74) is 1.43. The number of ether oxygens (including phenoxy) is 2. The average molecular weight is 548 g/mol. The van der Waals surface area contributed by atoms with Gasteiger partial charge in [-0.15, -0.1) is 0 Å². The summed E-state index contributed by atoms with van der Waals surface area (Å²) in [5.74, 6) is 0.567. The molecule has 11 nitrogen and oxygen atoms in total. The molecule has 3 aromatic rings. The first-order valence-corrected chi connectivity index (χ1v) is 13.5. The zero-order chi connectivity index (χ0) is 28.4. The van der Waals surface area contributed by atoms with E-state index in [1.807, 2.05) is 86.3 Å². The molecule has 1 aliphatic heterocycles. The highest BCUT2D eigenvalue weighted by molar-refractivity contribution is 5.85. The molecular weight excluding hydrogens is 510 g/mol. The second-order valence-corrected chi connectivity index (χ2v) is 10.4. The first kappa shape index (κ1) is 28.6. The normalized spacial score (nSPS) is 14.9. The predicted molar refractivity (Wildman–Crippen MR) is 152 cm³/mol. The monoisotopic (exact) mass is 547 g/mol. The van der Waals surface area contributed by atoms with Crippen LogP contribution in [-0.4, -0.2) is 58.2 Å². The van der Waals surface area contributed by atoms with Crippen LogP contribution in [0.5, 0.6) is 6.01 Å². The molecule has 2 amide bonds. The molecule has 1 saturated heterocycles. The summed E-state index contributed by atoms with van der Waals surface area (Å²) in [6, 6.07) is 19.3. The summed E-state index contributed by atoms with van der Waals surface area (Å²) in [4.78, 5) is 40.5. The highest BCUT2D eigenvalue weighted by Crippen LogP contribution is 2.25. The number of hydrogen-bond donors (Lipinski definition) is 3. The van der Waals surface area contributed by atoms with Crippen LogP contribution in [0.15, 0.2) is 60.7 Å². The maximum absolute atomic E-state index is 13.1. The standard InChI is InChI=1S/C29H37N7O4/c1-29(2,3)40-28(38)31-17-16-30-25-33-26(35-27(34-25)39-20-22-13-8-5-9-14-22)36-18-10-15-23(36)24(37)32-19-21-11-6-4-7-12-21/h4-9,11-14,23H,10,15-20H2,1-3H3,(H,31,38)(H,32,37)(H,30,33,34,35). The minimum atomic E-state index is -0.578. The second-order valence-electron chi connectivity index (χ2n) is 10.4. The van der Waals surface area contributed by atoms with Crippen molar-refractivity contribution in [1.29, 1.82) is 0 Å². The lowest BCUT2D eigenvalue weighted by molar-refractivity contribution is -0.122. The number of aromatic nitrogens is 3. The molecule has 1 fully saturated rings. The van der Waals surface area contributed by atoms with Gasteiger partial charge in [0.15, 0.2) is 0 Å². The molecular formula is C29H37N7O4. The third-order valence-corrected chi connectivity index (χ3v) is 6.01. The van der Waals surface area contributed by atoms with Gasteiger partial charge in [0, 0.05) is 26.2 Å². The van der Waals surface area contributed by atoms with Crippen LogP contribution in [0.3, 0.4) is 0 Å². The number of amides is 2. The summed E-state index contributed by atoms with van der Waals surface area (Å²) in [6.45, 7) is 7.43. The van der Waals surface area contributed by atoms with Gasteiger partial charge in [-0.05, 0) is 44.7 Å². The van der Waals surface area contributed by atoms with Crippen LogP contribution in [0.1, 0.15) is 44.7 Å². The van der Waals surface area contributed by atoms with E-state index in [9.17, 15) is 9.59 Å². The Morgan fingerprint density at radius 1 is 0.925 bits per heavy atom. The van der Waals surface area contributed by atoms with Crippen LogP contribution < -0.4 is 25.6 Å². The molecule has 40 heavy (non-hydrogen) atoms. The maximum atomic E-state index is 13.1. The number of nitrogens with one attached hydrogen (secondary N) is 3. The van der Waals surface area contributed by atoms with Crippen LogP contribution in [0, 0.1) is 0 Å². The molecule has 0 radical (unpaired) electrons. The highest BCUT2D eigenvalue weighted by atomic mass is 16.6. The van der Waals surface area contributed by atoms with Gasteiger partial charge in [-0.3, -0.25) is 4.79 Å². The van der Waals surface area contributed by atoms with Gasteiger partial charge in [-0.25, -0.2) is 4.79 Å². The Labute approximate surface area is 234 Å². The lowest BCUT2D eigenvalue weighted by atomic mass is 10.2. The highest BCUT2D eigenvalue weighted by Gasteiger charge is 2.33. The fourth-order valence-electron chi connectivity index (χ4n) is 4.17. The van der Waals surface area contributed by atoms with Gasteiger partial charge in [0.1, 0.15) is 18.2 Å². The predicted octanol–water partition coefficient (Wildman–Crippen LogP) is 3.67. The number of rotatable bonds is 11. The number of benzene rings is 2. The topological polar surface area (TPSA) is 131 Å². The number of nitrogens with zero attached hydrogens (tertiary/aromatic N) is 4. The van der Waals surface area contributed by atoms with Crippen molar-refractivity contribution < 1.29 is 19.1 Å². The molecule has 1 aliphatic rings. The molecule has 1 atom stereocenters. The van der Waals surface area contributed by atoms with Crippen molar-refractivity contribution in [1.82, 2.24) is 25.6 Å². The number of carbonyl (C=O) groups is 2. The molecule has 0 spiro atoms. The fraction of sp³-hybridized carbons (Fsp3) is 0.414. The number of carbonyl (C=O) groups excluding carboxylic acids is 2. The molecule has 0 saturated carbocycles. The first-order valence-electron chi connectivity index (χ1n) is 13.5. The Morgan fingerprint density at radius 3 is 2.33 bits per heavy atom. The molecule has 3 N–H and O–H groups in total. The zero-order valence-corrected chi connectivity index (χ0v) is 23.2. The van der Waals surface area contributed by atoms with Crippen molar-refractivity contribution in [2.24, 2.45) is 0 Å². The first-order chi connectivity index (χ1) is 19.3. The number of alkyl carbamates (subject to hydrolysis) is 1. The van der Waals surface area contributed by atoms with Crippen molar-refractivity contribution in [2.45, 2.75) is 58.4 Å². The molecule has 1 aromatic heterocycles. The molecule has 0 aliphatic carbocycles. The van der Waals surface area contributed by atoms with Crippen molar-refractivity contribution in [3.63, 3.8) is 0 Å². The smallest absolute Gasteiger partial charge is 0.407 e. The van der Waals surface area contributed by atoms with Crippen molar-refractivity contribution in [3.05, 3.63) is 71.8 Å². The quantitative estimate of drug-likeness (QED) is 0.308. The van der Waals surface area contributed by atoms with E-state index in [0.717, 1.165) is 17.5 Å². The SMILES string of the molecule is CC(C)(C)OC(=O)NCCNc1nc(OCc2ccccc2)nc(N2CCCC2C(=O)NCc2ccccc2)n1. The molecule has 2 heterocycles. The largest absolute Gasteiger partial charge is 0.458 e. The van der Waals surface area contributed by atoms with Crippen LogP contribution in [0.25, 0.3) is 0 Å². The van der Waals surface area contributed by atoms with E-state index in [2.05, 4.69) is 30.9 Å². The van der Waals surface area contributed by atoms with Crippen LogP contribution in [-0.2, 0) is 22.7 Å². The van der Waals surface area contributed by atoms with Crippen molar-refractivity contribution >= 4 is 23.9 Å². The molecule has 11 heteroatoms. The average Bonchev–Trinajstić information content (AvgIpc) is 3.43. The summed E-state index contributed by atoms with van der Waals surface area (Å²) in [7, 11) is 0. The van der Waals surface area contributed by atoms with Crippen LogP contribution in [0.4, 0.5) is 16.7 Å². The van der Waals surface area contributed by atoms with E-state index < -0.39 is 17.7 Å². The minimum Gasteiger partial charge on any atom is -0.458 e. The molecule has 2 aromatic carbocycles. The van der Waals surface area contributed by atoms with Crippen molar-refractivity contribution in [3.8, 4) is 6.01 Å². The molecule has 4 rings (SSSR count). The number of hydrogen-bond acceptors (Lipinski definition) is 9. The van der Waals surface area contributed by atoms with Crippen LogP contribution in [0.2, 0.25) is 0 Å². The molecule has 1 unspecified atom stereocenters. The molecule has 212 valence electrons. The van der Waals surface area contributed by atoms with Gasteiger partial charge in [-0.2, -0.15) is 15.0 Å². The lowest BCUT2D eigenvalue weighted by Gasteiger charge is -2.24. The van der Waals surface area contributed by atoms with Gasteiger partial charge < -0.3 is 30.3 Å².